The van der Waals surface area contributed by atoms with Gasteiger partial charge in [-0.3, -0.25) is 4.79 Å². The van der Waals surface area contributed by atoms with Crippen molar-refractivity contribution >= 4 is 15.9 Å². The maximum absolute atomic E-state index is 12.6. The Bertz CT molecular complexity index is 932. The van der Waals surface area contributed by atoms with Crippen molar-refractivity contribution in [1.82, 2.24) is 14.6 Å². The maximum atomic E-state index is 12.6. The Kier molecular flexibility index (Phi) is 5.20. The average molecular weight is 375 g/mol. The van der Waals surface area contributed by atoms with Crippen LogP contribution in [0.15, 0.2) is 35.4 Å². The molecule has 0 unspecified atom stereocenters. The molecule has 0 saturated carbocycles. The van der Waals surface area contributed by atoms with Gasteiger partial charge in [-0.2, -0.15) is 0 Å². The second kappa shape index (κ2) is 7.25. The quantitative estimate of drug-likeness (QED) is 0.841. The first kappa shape index (κ1) is 18.7. The molecule has 1 aliphatic carbocycles. The summed E-state index contributed by atoms with van der Waals surface area (Å²) in [6.07, 6.45) is 6.10. The fourth-order valence-corrected chi connectivity index (χ4v) is 4.20. The zero-order valence-electron chi connectivity index (χ0n) is 15.4. The third-order valence-corrected chi connectivity index (χ3v) is 6.39. The highest BCUT2D eigenvalue weighted by Crippen LogP contribution is 2.25. The van der Waals surface area contributed by atoms with E-state index >= 15 is 0 Å². The van der Waals surface area contributed by atoms with Gasteiger partial charge in [0.1, 0.15) is 10.6 Å². The van der Waals surface area contributed by atoms with Crippen molar-refractivity contribution in [2.24, 2.45) is 7.05 Å². The van der Waals surface area contributed by atoms with E-state index < -0.39 is 10.0 Å². The van der Waals surface area contributed by atoms with Crippen molar-refractivity contribution < 1.29 is 13.2 Å². The van der Waals surface area contributed by atoms with Crippen LogP contribution in [0.3, 0.4) is 0 Å². The Balaban J connectivity index is 1.78. The van der Waals surface area contributed by atoms with Crippen LogP contribution in [0.2, 0.25) is 0 Å². The minimum Gasteiger partial charge on any atom is -0.345 e. The van der Waals surface area contributed by atoms with Crippen molar-refractivity contribution in [1.29, 1.82) is 0 Å². The van der Waals surface area contributed by atoms with E-state index in [1.807, 2.05) is 6.92 Å². The van der Waals surface area contributed by atoms with Crippen LogP contribution in [0, 0.1) is 0 Å². The minimum absolute atomic E-state index is 0.0779. The lowest BCUT2D eigenvalue weighted by atomic mass is 9.89. The highest BCUT2D eigenvalue weighted by Gasteiger charge is 2.21. The molecule has 6 nitrogen and oxygen atoms in total. The number of fused-ring (bicyclic) bond motifs is 1. The SMILES string of the molecule is CNS(=O)(=O)c1cc(C(=O)N[C@@H](C)c2ccc3c(c2)CCCC3)n(C)c1. The highest BCUT2D eigenvalue weighted by atomic mass is 32.2. The van der Waals surface area contributed by atoms with Crippen LogP contribution >= 0.6 is 0 Å². The van der Waals surface area contributed by atoms with Gasteiger partial charge >= 0.3 is 0 Å². The van der Waals surface area contributed by atoms with Crippen LogP contribution in [0.5, 0.6) is 0 Å². The molecule has 1 aromatic carbocycles. The summed E-state index contributed by atoms with van der Waals surface area (Å²) in [6, 6.07) is 7.64. The summed E-state index contributed by atoms with van der Waals surface area (Å²) in [4.78, 5) is 12.7. The molecule has 1 aromatic heterocycles. The molecule has 1 heterocycles. The van der Waals surface area contributed by atoms with Crippen LogP contribution in [0.25, 0.3) is 0 Å². The Morgan fingerprint density at radius 2 is 1.85 bits per heavy atom. The van der Waals surface area contributed by atoms with E-state index in [0.29, 0.717) is 5.69 Å². The van der Waals surface area contributed by atoms with E-state index in [1.165, 1.54) is 47.8 Å². The average Bonchev–Trinajstić information content (AvgIpc) is 3.04. The van der Waals surface area contributed by atoms with Crippen molar-refractivity contribution in [2.75, 3.05) is 7.05 Å². The maximum Gasteiger partial charge on any atom is 0.268 e. The summed E-state index contributed by atoms with van der Waals surface area (Å²) in [5, 5.41) is 2.97. The number of rotatable bonds is 5. The standard InChI is InChI=1S/C19H25N3O3S/c1-13(15-9-8-14-6-4-5-7-16(14)10-15)21-19(23)18-11-17(12-22(18)3)26(24,25)20-2/h8-13,20H,4-7H2,1-3H3,(H,21,23)/t13-/m0/s1. The predicted octanol–water partition coefficient (Wildman–Crippen LogP) is 2.30. The normalized spacial score (nSPS) is 15.3. The van der Waals surface area contributed by atoms with Gasteiger partial charge in [-0.05, 0) is 62.4 Å². The van der Waals surface area contributed by atoms with Crippen molar-refractivity contribution in [2.45, 2.75) is 43.5 Å². The monoisotopic (exact) mass is 375 g/mol. The second-order valence-corrected chi connectivity index (χ2v) is 8.70. The Morgan fingerprint density at radius 1 is 1.15 bits per heavy atom. The number of aryl methyl sites for hydroxylation is 3. The molecule has 1 aliphatic rings. The lowest BCUT2D eigenvalue weighted by Gasteiger charge is -2.20. The molecule has 7 heteroatoms. The predicted molar refractivity (Wildman–Crippen MR) is 101 cm³/mol. The number of carbonyl (C=O) groups excluding carboxylic acids is 1. The molecule has 1 atom stereocenters. The van der Waals surface area contributed by atoms with Crippen LogP contribution in [-0.4, -0.2) is 25.9 Å². The summed E-state index contributed by atoms with van der Waals surface area (Å²) in [7, 11) is -0.568. The molecule has 2 aromatic rings. The van der Waals surface area contributed by atoms with Gasteiger partial charge in [0.2, 0.25) is 10.0 Å². The molecule has 3 rings (SSSR count). The zero-order chi connectivity index (χ0) is 18.9. The number of carbonyl (C=O) groups is 1. The molecule has 0 aliphatic heterocycles. The highest BCUT2D eigenvalue weighted by molar-refractivity contribution is 7.89. The number of hydrogen-bond acceptors (Lipinski definition) is 3. The fourth-order valence-electron chi connectivity index (χ4n) is 3.40. The van der Waals surface area contributed by atoms with Gasteiger partial charge in [-0.15, -0.1) is 0 Å². The van der Waals surface area contributed by atoms with E-state index in [4.69, 9.17) is 0 Å². The number of aromatic nitrogens is 1. The first-order valence-electron chi connectivity index (χ1n) is 8.84. The number of nitrogens with zero attached hydrogens (tertiary/aromatic N) is 1. The summed E-state index contributed by atoms with van der Waals surface area (Å²) in [5.74, 6) is -0.296. The van der Waals surface area contributed by atoms with Crippen LogP contribution in [0.1, 0.15) is 53.0 Å². The summed E-state index contributed by atoms with van der Waals surface area (Å²) in [6.45, 7) is 1.94. The van der Waals surface area contributed by atoms with Crippen molar-refractivity contribution in [3.63, 3.8) is 0 Å². The number of amides is 1. The van der Waals surface area contributed by atoms with Crippen molar-refractivity contribution in [3.05, 3.63) is 52.8 Å². The number of sulfonamides is 1. The number of hydrogen-bond donors (Lipinski definition) is 2. The molecule has 2 N–H and O–H groups in total. The molecule has 26 heavy (non-hydrogen) atoms. The van der Waals surface area contributed by atoms with Crippen LogP contribution in [0.4, 0.5) is 0 Å². The molecule has 140 valence electrons. The molecular weight excluding hydrogens is 350 g/mol. The largest absolute Gasteiger partial charge is 0.345 e. The first-order valence-corrected chi connectivity index (χ1v) is 10.3. The smallest absolute Gasteiger partial charge is 0.268 e. The Labute approximate surface area is 154 Å². The van der Waals surface area contributed by atoms with Gasteiger partial charge in [0.25, 0.3) is 5.91 Å². The number of nitrogens with one attached hydrogen (secondary N) is 2. The van der Waals surface area contributed by atoms with Gasteiger partial charge in [0.15, 0.2) is 0 Å². The van der Waals surface area contributed by atoms with Gasteiger partial charge in [0.05, 0.1) is 6.04 Å². The van der Waals surface area contributed by atoms with Gasteiger partial charge in [-0.1, -0.05) is 18.2 Å². The molecule has 0 fully saturated rings. The van der Waals surface area contributed by atoms with Crippen LogP contribution in [-0.2, 0) is 29.9 Å². The molecule has 0 saturated heterocycles. The summed E-state index contributed by atoms with van der Waals surface area (Å²) in [5.41, 5.74) is 4.15. The molecular formula is C19H25N3O3S. The zero-order valence-corrected chi connectivity index (χ0v) is 16.2. The van der Waals surface area contributed by atoms with Gasteiger partial charge < -0.3 is 9.88 Å². The third-order valence-electron chi connectivity index (χ3n) is 5.01. The molecule has 0 spiro atoms. The Morgan fingerprint density at radius 3 is 2.54 bits per heavy atom. The third kappa shape index (κ3) is 3.68. The van der Waals surface area contributed by atoms with E-state index in [2.05, 4.69) is 28.2 Å². The molecule has 0 bridgehead atoms. The lowest BCUT2D eigenvalue weighted by Crippen LogP contribution is -2.28. The Hall–Kier alpha value is -2.12. The second-order valence-electron chi connectivity index (χ2n) is 6.81. The van der Waals surface area contributed by atoms with Gasteiger partial charge in [-0.25, -0.2) is 13.1 Å². The summed E-state index contributed by atoms with van der Waals surface area (Å²) < 4.78 is 27.6. The van der Waals surface area contributed by atoms with Crippen LogP contribution < -0.4 is 10.0 Å². The van der Waals surface area contributed by atoms with E-state index in [1.54, 1.807) is 7.05 Å². The lowest BCUT2D eigenvalue weighted by molar-refractivity contribution is 0.0931. The van der Waals surface area contributed by atoms with E-state index in [0.717, 1.165) is 18.4 Å². The topological polar surface area (TPSA) is 80.2 Å². The van der Waals surface area contributed by atoms with E-state index in [-0.39, 0.29) is 16.8 Å². The molecule has 1 amide bonds. The van der Waals surface area contributed by atoms with Crippen molar-refractivity contribution in [3.8, 4) is 0 Å². The minimum atomic E-state index is -3.58. The first-order chi connectivity index (χ1) is 12.3. The van der Waals surface area contributed by atoms with E-state index in [9.17, 15) is 13.2 Å². The summed E-state index contributed by atoms with van der Waals surface area (Å²) >= 11 is 0. The van der Waals surface area contributed by atoms with Gasteiger partial charge in [0, 0.05) is 13.2 Å². The molecule has 0 radical (unpaired) electrons. The fraction of sp³-hybridized carbons (Fsp3) is 0.421. The number of benzene rings is 1.